The number of nitrogens with zero attached hydrogens (tertiary/aromatic N) is 2. The van der Waals surface area contributed by atoms with Crippen molar-refractivity contribution in [2.75, 3.05) is 18.1 Å². The maximum atomic E-state index is 12.7. The molecule has 0 bridgehead atoms. The van der Waals surface area contributed by atoms with E-state index in [9.17, 15) is 27.9 Å². The Labute approximate surface area is 246 Å². The van der Waals surface area contributed by atoms with Crippen molar-refractivity contribution in [1.82, 2.24) is 0 Å². The summed E-state index contributed by atoms with van der Waals surface area (Å²) in [5, 5.41) is 11.6. The second kappa shape index (κ2) is 13.6. The molecule has 3 rings (SSSR count). The molecule has 0 aliphatic heterocycles. The van der Waals surface area contributed by atoms with Gasteiger partial charge in [0.1, 0.15) is 5.60 Å². The molecule has 1 N–H and O–H groups in total. The van der Waals surface area contributed by atoms with Gasteiger partial charge in [-0.2, -0.15) is 8.42 Å². The third-order valence-corrected chi connectivity index (χ3v) is 6.99. The van der Waals surface area contributed by atoms with Crippen LogP contribution < -0.4 is 9.64 Å². The largest absolute Gasteiger partial charge is 0.486 e. The van der Waals surface area contributed by atoms with Crippen LogP contribution in [-0.2, 0) is 21.3 Å². The number of nitro benzene ring substituents is 1. The molecule has 0 aliphatic rings. The molecule has 0 radical (unpaired) electrons. The fourth-order valence-corrected chi connectivity index (χ4v) is 4.88. The van der Waals surface area contributed by atoms with Gasteiger partial charge < -0.3 is 9.47 Å². The van der Waals surface area contributed by atoms with Crippen molar-refractivity contribution >= 4 is 39.7 Å². The summed E-state index contributed by atoms with van der Waals surface area (Å²) in [5.41, 5.74) is 2.51. The molecule has 1 amide bonds. The quantitative estimate of drug-likeness (QED) is 0.107. The first-order chi connectivity index (χ1) is 19.7. The van der Waals surface area contributed by atoms with Gasteiger partial charge in [0.15, 0.2) is 5.75 Å². The zero-order valence-corrected chi connectivity index (χ0v) is 25.2. The standard InChI is InChI=1S/C31H36N2O8S/c1-6-18-32(30(34)41-31(3,4)5)26-13-10-23(11-14-26)8-9-24-12-15-27(33(35)36)28(21-24)40-19-17-25-20-22(2)7-16-29(25)42(37,38)39/h7-16,20-21H,6,17-19H2,1-5H3,(H,37,38,39)/b9-8+. The van der Waals surface area contributed by atoms with Crippen molar-refractivity contribution in [3.05, 3.63) is 93.0 Å². The molecule has 0 fully saturated rings. The Hall–Kier alpha value is -4.22. The van der Waals surface area contributed by atoms with Crippen molar-refractivity contribution in [3.63, 3.8) is 0 Å². The summed E-state index contributed by atoms with van der Waals surface area (Å²) < 4.78 is 44.2. The van der Waals surface area contributed by atoms with Crippen LogP contribution in [0.1, 0.15) is 56.4 Å². The van der Waals surface area contributed by atoms with Gasteiger partial charge >= 0.3 is 11.8 Å². The highest BCUT2D eigenvalue weighted by Gasteiger charge is 2.23. The average molecular weight is 597 g/mol. The summed E-state index contributed by atoms with van der Waals surface area (Å²) in [6, 6.07) is 16.4. The minimum Gasteiger partial charge on any atom is -0.486 e. The van der Waals surface area contributed by atoms with E-state index in [0.717, 1.165) is 17.5 Å². The first-order valence-corrected chi connectivity index (χ1v) is 14.9. The summed E-state index contributed by atoms with van der Waals surface area (Å²) >= 11 is 0. The number of anilines is 1. The Morgan fingerprint density at radius 1 is 1.02 bits per heavy atom. The summed E-state index contributed by atoms with van der Waals surface area (Å²) in [4.78, 5) is 25.1. The van der Waals surface area contributed by atoms with Crippen LogP contribution in [0.25, 0.3) is 12.2 Å². The van der Waals surface area contributed by atoms with Gasteiger partial charge in [0.2, 0.25) is 0 Å². The van der Waals surface area contributed by atoms with E-state index in [1.165, 1.54) is 18.2 Å². The van der Waals surface area contributed by atoms with E-state index in [4.69, 9.17) is 9.47 Å². The molecule has 0 heterocycles. The summed E-state index contributed by atoms with van der Waals surface area (Å²) in [6.07, 6.45) is 4.07. The topological polar surface area (TPSA) is 136 Å². The predicted molar refractivity (Wildman–Crippen MR) is 163 cm³/mol. The smallest absolute Gasteiger partial charge is 0.414 e. The summed E-state index contributed by atoms with van der Waals surface area (Å²) in [7, 11) is -4.43. The van der Waals surface area contributed by atoms with Crippen molar-refractivity contribution in [2.24, 2.45) is 0 Å². The van der Waals surface area contributed by atoms with E-state index in [1.54, 1.807) is 36.1 Å². The number of hydrogen-bond acceptors (Lipinski definition) is 7. The third kappa shape index (κ3) is 9.15. The molecule has 3 aromatic rings. The normalized spacial score (nSPS) is 11.9. The van der Waals surface area contributed by atoms with Crippen LogP contribution >= 0.6 is 0 Å². The van der Waals surface area contributed by atoms with Crippen LogP contribution in [0, 0.1) is 17.0 Å². The third-order valence-electron chi connectivity index (χ3n) is 6.04. The molecule has 0 aromatic heterocycles. The number of carbonyl (C=O) groups is 1. The van der Waals surface area contributed by atoms with Crippen LogP contribution in [-0.4, -0.2) is 42.7 Å². The minimum atomic E-state index is -4.43. The highest BCUT2D eigenvalue weighted by atomic mass is 32.2. The second-order valence-electron chi connectivity index (χ2n) is 10.7. The number of ether oxygens (including phenoxy) is 2. The minimum absolute atomic E-state index is 0.0334. The Morgan fingerprint density at radius 3 is 2.26 bits per heavy atom. The molecule has 11 heteroatoms. The van der Waals surface area contributed by atoms with Gasteiger partial charge in [-0.3, -0.25) is 19.6 Å². The molecule has 0 spiro atoms. The monoisotopic (exact) mass is 596 g/mol. The van der Waals surface area contributed by atoms with E-state index in [0.29, 0.717) is 23.4 Å². The Bertz CT molecular complexity index is 1560. The van der Waals surface area contributed by atoms with Crippen molar-refractivity contribution in [3.8, 4) is 5.75 Å². The number of rotatable bonds is 11. The Balaban J connectivity index is 1.76. The van der Waals surface area contributed by atoms with E-state index in [2.05, 4.69) is 0 Å². The average Bonchev–Trinajstić information content (AvgIpc) is 2.89. The number of carbonyl (C=O) groups excluding carboxylic acids is 1. The number of nitro groups is 1. The van der Waals surface area contributed by atoms with Gasteiger partial charge in [0, 0.05) is 24.7 Å². The number of amides is 1. The number of hydrogen-bond donors (Lipinski definition) is 1. The summed E-state index contributed by atoms with van der Waals surface area (Å²) in [5.74, 6) is 0.0334. The van der Waals surface area contributed by atoms with E-state index in [-0.39, 0.29) is 29.4 Å². The fourth-order valence-electron chi connectivity index (χ4n) is 4.15. The van der Waals surface area contributed by atoms with Crippen LogP contribution in [0.3, 0.4) is 0 Å². The molecule has 0 aliphatic carbocycles. The van der Waals surface area contributed by atoms with Gasteiger partial charge in [-0.1, -0.05) is 48.9 Å². The lowest BCUT2D eigenvalue weighted by atomic mass is 10.1. The van der Waals surface area contributed by atoms with E-state index in [1.807, 2.05) is 58.0 Å². The van der Waals surface area contributed by atoms with Crippen molar-refractivity contribution in [2.45, 2.75) is 58.0 Å². The SMILES string of the molecule is CCCN(C(=O)OC(C)(C)C)c1ccc(/C=C/c2ccc([N+](=O)[O-])c(OCCc3cc(C)ccc3S(=O)(=O)O)c2)cc1. The highest BCUT2D eigenvalue weighted by Crippen LogP contribution is 2.30. The molecule has 10 nitrogen and oxygen atoms in total. The molecular weight excluding hydrogens is 560 g/mol. The van der Waals surface area contributed by atoms with Crippen molar-refractivity contribution < 1.29 is 32.2 Å². The number of aryl methyl sites for hydroxylation is 1. The van der Waals surface area contributed by atoms with Gasteiger partial charge in [-0.25, -0.2) is 4.79 Å². The number of benzene rings is 3. The van der Waals surface area contributed by atoms with E-state index < -0.39 is 26.7 Å². The van der Waals surface area contributed by atoms with Crippen LogP contribution in [0.15, 0.2) is 65.6 Å². The van der Waals surface area contributed by atoms with Gasteiger partial charge in [-0.15, -0.1) is 0 Å². The molecule has 0 unspecified atom stereocenters. The van der Waals surface area contributed by atoms with Crippen LogP contribution in [0.4, 0.5) is 16.2 Å². The van der Waals surface area contributed by atoms with Gasteiger partial charge in [0.05, 0.1) is 16.4 Å². The zero-order chi connectivity index (χ0) is 31.1. The van der Waals surface area contributed by atoms with Crippen LogP contribution in [0.5, 0.6) is 5.75 Å². The highest BCUT2D eigenvalue weighted by molar-refractivity contribution is 7.85. The molecule has 3 aromatic carbocycles. The lowest BCUT2D eigenvalue weighted by Crippen LogP contribution is -2.37. The second-order valence-corrected chi connectivity index (χ2v) is 12.1. The molecular formula is C31H36N2O8S. The molecule has 0 saturated carbocycles. The first kappa shape index (κ1) is 32.3. The predicted octanol–water partition coefficient (Wildman–Crippen LogP) is 7.09. The molecule has 0 atom stereocenters. The molecule has 224 valence electrons. The fraction of sp³-hybridized carbons (Fsp3) is 0.323. The Kier molecular flexibility index (Phi) is 10.5. The van der Waals surface area contributed by atoms with Crippen LogP contribution in [0.2, 0.25) is 0 Å². The van der Waals surface area contributed by atoms with Gasteiger partial charge in [-0.05, 0) is 81.1 Å². The maximum absolute atomic E-state index is 12.7. The lowest BCUT2D eigenvalue weighted by molar-refractivity contribution is -0.385. The zero-order valence-electron chi connectivity index (χ0n) is 24.4. The Morgan fingerprint density at radius 2 is 1.67 bits per heavy atom. The molecule has 0 saturated heterocycles. The maximum Gasteiger partial charge on any atom is 0.414 e. The van der Waals surface area contributed by atoms with Crippen molar-refractivity contribution in [1.29, 1.82) is 0 Å². The van der Waals surface area contributed by atoms with Gasteiger partial charge in [0.25, 0.3) is 10.1 Å². The van der Waals surface area contributed by atoms with E-state index >= 15 is 0 Å². The summed E-state index contributed by atoms with van der Waals surface area (Å²) in [6.45, 7) is 9.69. The first-order valence-electron chi connectivity index (χ1n) is 13.4. The lowest BCUT2D eigenvalue weighted by Gasteiger charge is -2.27. The molecule has 42 heavy (non-hydrogen) atoms.